The van der Waals surface area contributed by atoms with Crippen molar-refractivity contribution in [3.05, 3.63) is 35.4 Å². The molecule has 3 rings (SSSR count). The van der Waals surface area contributed by atoms with E-state index in [-0.39, 0.29) is 0 Å². The van der Waals surface area contributed by atoms with E-state index >= 15 is 0 Å². The van der Waals surface area contributed by atoms with Crippen LogP contribution in [0.25, 0.3) is 0 Å². The highest BCUT2D eigenvalue weighted by Gasteiger charge is 2.47. The van der Waals surface area contributed by atoms with Crippen LogP contribution in [0.1, 0.15) is 68.9 Å². The number of carboxylic acids is 1. The van der Waals surface area contributed by atoms with Gasteiger partial charge in [-0.1, -0.05) is 50.5 Å². The number of hydrogen-bond donors (Lipinski definition) is 1. The lowest BCUT2D eigenvalue weighted by atomic mass is 9.61. The van der Waals surface area contributed by atoms with E-state index in [1.165, 1.54) is 31.2 Å². The largest absolute Gasteiger partial charge is 0.481 e. The Morgan fingerprint density at radius 3 is 2.35 bits per heavy atom. The topological polar surface area (TPSA) is 37.3 Å². The Balaban J connectivity index is 1.94. The number of rotatable bonds is 3. The Labute approximate surface area is 121 Å². The molecule has 2 nitrogen and oxygen atoms in total. The molecule has 2 heteroatoms. The number of benzene rings is 1. The second kappa shape index (κ2) is 5.23. The zero-order valence-corrected chi connectivity index (χ0v) is 12.3. The van der Waals surface area contributed by atoms with E-state index in [1.54, 1.807) is 0 Å². The first kappa shape index (κ1) is 13.7. The van der Waals surface area contributed by atoms with Crippen LogP contribution in [0, 0.1) is 5.92 Å². The molecule has 108 valence electrons. The molecule has 0 unspecified atom stereocenters. The van der Waals surface area contributed by atoms with Gasteiger partial charge in [-0.3, -0.25) is 4.79 Å². The van der Waals surface area contributed by atoms with Crippen LogP contribution < -0.4 is 0 Å². The molecule has 1 N–H and O–H groups in total. The van der Waals surface area contributed by atoms with Gasteiger partial charge in [0.05, 0.1) is 5.41 Å². The average Bonchev–Trinajstić information content (AvgIpc) is 2.39. The molecule has 2 saturated carbocycles. The van der Waals surface area contributed by atoms with E-state index in [4.69, 9.17) is 0 Å². The summed E-state index contributed by atoms with van der Waals surface area (Å²) in [5.41, 5.74) is 1.85. The second-order valence-corrected chi connectivity index (χ2v) is 6.78. The predicted molar refractivity (Wildman–Crippen MR) is 80.0 cm³/mol. The Bertz CT molecular complexity index is 494. The van der Waals surface area contributed by atoms with Crippen LogP contribution in [0.4, 0.5) is 0 Å². The summed E-state index contributed by atoms with van der Waals surface area (Å²) in [6, 6.07) is 8.33. The molecule has 1 aromatic rings. The molecule has 20 heavy (non-hydrogen) atoms. The third-order valence-electron chi connectivity index (χ3n) is 5.55. The molecule has 2 aliphatic rings. The molecule has 0 heterocycles. The van der Waals surface area contributed by atoms with Crippen LogP contribution in [0.5, 0.6) is 0 Å². The van der Waals surface area contributed by atoms with Gasteiger partial charge < -0.3 is 5.11 Å². The van der Waals surface area contributed by atoms with Gasteiger partial charge in [0.15, 0.2) is 0 Å². The number of carboxylic acid groups (broad SMARTS) is 1. The lowest BCUT2D eigenvalue weighted by Gasteiger charge is -2.41. The average molecular weight is 272 g/mol. The monoisotopic (exact) mass is 272 g/mol. The molecule has 0 atom stereocenters. The Morgan fingerprint density at radius 1 is 1.15 bits per heavy atom. The number of aliphatic carboxylic acids is 1. The quantitative estimate of drug-likeness (QED) is 0.880. The van der Waals surface area contributed by atoms with Crippen LogP contribution in [0.15, 0.2) is 24.3 Å². The van der Waals surface area contributed by atoms with E-state index in [9.17, 15) is 9.90 Å². The van der Waals surface area contributed by atoms with E-state index in [1.807, 2.05) is 6.07 Å². The van der Waals surface area contributed by atoms with Crippen molar-refractivity contribution in [2.24, 2.45) is 5.92 Å². The lowest BCUT2D eigenvalue weighted by Crippen LogP contribution is -2.43. The minimum atomic E-state index is -0.625. The highest BCUT2D eigenvalue weighted by molar-refractivity contribution is 5.83. The zero-order valence-electron chi connectivity index (χ0n) is 12.3. The van der Waals surface area contributed by atoms with Gasteiger partial charge in [0.25, 0.3) is 0 Å². The minimum Gasteiger partial charge on any atom is -0.481 e. The summed E-state index contributed by atoms with van der Waals surface area (Å²) in [7, 11) is 0. The third kappa shape index (κ3) is 2.15. The maximum Gasteiger partial charge on any atom is 0.314 e. The summed E-state index contributed by atoms with van der Waals surface area (Å²) in [5, 5.41) is 9.70. The van der Waals surface area contributed by atoms with Crippen molar-refractivity contribution in [2.45, 2.75) is 63.2 Å². The predicted octanol–water partition coefficient (Wildman–Crippen LogP) is 4.49. The molecule has 2 fully saturated rings. The summed E-state index contributed by atoms with van der Waals surface area (Å²) in [5.74, 6) is 0.773. The van der Waals surface area contributed by atoms with Crippen LogP contribution >= 0.6 is 0 Å². The van der Waals surface area contributed by atoms with Gasteiger partial charge in [-0.05, 0) is 48.6 Å². The molecule has 2 aliphatic carbocycles. The van der Waals surface area contributed by atoms with E-state index in [0.29, 0.717) is 5.92 Å². The van der Waals surface area contributed by atoms with Gasteiger partial charge >= 0.3 is 5.97 Å². The van der Waals surface area contributed by atoms with E-state index < -0.39 is 11.4 Å². The van der Waals surface area contributed by atoms with Crippen molar-refractivity contribution in [3.63, 3.8) is 0 Å². The molecule has 0 radical (unpaired) electrons. The first-order valence-electron chi connectivity index (χ1n) is 7.96. The summed E-state index contributed by atoms with van der Waals surface area (Å²) < 4.78 is 0. The summed E-state index contributed by atoms with van der Waals surface area (Å²) in [6.45, 7) is 2.33. The Morgan fingerprint density at radius 2 is 1.80 bits per heavy atom. The van der Waals surface area contributed by atoms with Gasteiger partial charge in [-0.25, -0.2) is 0 Å². The third-order valence-corrected chi connectivity index (χ3v) is 5.55. The van der Waals surface area contributed by atoms with E-state index in [2.05, 4.69) is 25.1 Å². The standard InChI is InChI=1S/C18H24O2/c1-13-7-9-14(10-8-13)15-5-2-3-6-16(15)18(17(19)20)11-4-12-18/h2-3,5-6,13-14H,4,7-12H2,1H3,(H,19,20). The fourth-order valence-electron chi connectivity index (χ4n) is 3.99. The van der Waals surface area contributed by atoms with Crippen LogP contribution in [0.2, 0.25) is 0 Å². The molecule has 0 aromatic heterocycles. The first-order chi connectivity index (χ1) is 9.63. The maximum absolute atomic E-state index is 11.8. The van der Waals surface area contributed by atoms with Crippen molar-refractivity contribution in [2.75, 3.05) is 0 Å². The molecule has 0 saturated heterocycles. The summed E-state index contributed by atoms with van der Waals surface area (Å²) in [4.78, 5) is 11.8. The number of hydrogen-bond acceptors (Lipinski definition) is 1. The molecule has 0 amide bonds. The first-order valence-corrected chi connectivity index (χ1v) is 7.96. The van der Waals surface area contributed by atoms with Gasteiger partial charge in [-0.15, -0.1) is 0 Å². The minimum absolute atomic E-state index is 0.569. The van der Waals surface area contributed by atoms with Gasteiger partial charge in [0.2, 0.25) is 0 Å². The van der Waals surface area contributed by atoms with Crippen LogP contribution in [-0.2, 0) is 10.2 Å². The second-order valence-electron chi connectivity index (χ2n) is 6.78. The Hall–Kier alpha value is -1.31. The number of carbonyl (C=O) groups is 1. The normalized spacial score (nSPS) is 28.6. The van der Waals surface area contributed by atoms with Crippen molar-refractivity contribution in [3.8, 4) is 0 Å². The molecule has 0 bridgehead atoms. The van der Waals surface area contributed by atoms with Crippen molar-refractivity contribution in [1.29, 1.82) is 0 Å². The van der Waals surface area contributed by atoms with Crippen molar-refractivity contribution < 1.29 is 9.90 Å². The smallest absolute Gasteiger partial charge is 0.314 e. The molecule has 0 aliphatic heterocycles. The fraction of sp³-hybridized carbons (Fsp3) is 0.611. The van der Waals surface area contributed by atoms with Crippen molar-refractivity contribution in [1.82, 2.24) is 0 Å². The summed E-state index contributed by atoms with van der Waals surface area (Å²) in [6.07, 6.45) is 7.65. The van der Waals surface area contributed by atoms with Crippen molar-refractivity contribution >= 4 is 5.97 Å². The maximum atomic E-state index is 11.8. The zero-order chi connectivity index (χ0) is 14.2. The van der Waals surface area contributed by atoms with Crippen LogP contribution in [0.3, 0.4) is 0 Å². The van der Waals surface area contributed by atoms with Crippen LogP contribution in [-0.4, -0.2) is 11.1 Å². The Kier molecular flexibility index (Phi) is 3.57. The highest BCUT2D eigenvalue weighted by atomic mass is 16.4. The van der Waals surface area contributed by atoms with E-state index in [0.717, 1.165) is 30.7 Å². The van der Waals surface area contributed by atoms with Gasteiger partial charge in [-0.2, -0.15) is 0 Å². The summed E-state index contributed by atoms with van der Waals surface area (Å²) >= 11 is 0. The molecule has 1 aromatic carbocycles. The highest BCUT2D eigenvalue weighted by Crippen LogP contribution is 2.48. The SMILES string of the molecule is CC1CCC(c2ccccc2C2(C(=O)O)CCC2)CC1. The molecular formula is C18H24O2. The molecule has 0 spiro atoms. The van der Waals surface area contributed by atoms with Gasteiger partial charge in [0, 0.05) is 0 Å². The van der Waals surface area contributed by atoms with Gasteiger partial charge in [0.1, 0.15) is 0 Å². The lowest BCUT2D eigenvalue weighted by molar-refractivity contribution is -0.147. The fourth-order valence-corrected chi connectivity index (χ4v) is 3.99. The molecular weight excluding hydrogens is 248 g/mol.